The molecule has 0 atom stereocenters. The number of nitro benzene ring substituents is 1. The zero-order valence-corrected chi connectivity index (χ0v) is 18.2. The van der Waals surface area contributed by atoms with E-state index >= 15 is 0 Å². The van der Waals surface area contributed by atoms with Crippen LogP contribution in [0, 0.1) is 10.1 Å². The number of benzene rings is 3. The molecule has 3 aromatic rings. The molecular weight excluding hydrogens is 420 g/mol. The largest absolute Gasteiger partial charge is 0.489 e. The van der Waals surface area contributed by atoms with Gasteiger partial charge in [-0.15, -0.1) is 0 Å². The summed E-state index contributed by atoms with van der Waals surface area (Å²) >= 11 is 0. The van der Waals surface area contributed by atoms with Gasteiger partial charge in [0, 0.05) is 17.7 Å². The predicted octanol–water partition coefficient (Wildman–Crippen LogP) is 5.64. The van der Waals surface area contributed by atoms with Gasteiger partial charge in [0.1, 0.15) is 12.4 Å². The van der Waals surface area contributed by atoms with Gasteiger partial charge in [-0.25, -0.2) is 9.79 Å². The van der Waals surface area contributed by atoms with Crippen molar-refractivity contribution < 1.29 is 19.2 Å². The summed E-state index contributed by atoms with van der Waals surface area (Å²) in [6.45, 7) is 4.53. The zero-order chi connectivity index (χ0) is 23.4. The van der Waals surface area contributed by atoms with Gasteiger partial charge in [0.2, 0.25) is 5.90 Å². The van der Waals surface area contributed by atoms with Gasteiger partial charge < -0.3 is 9.47 Å². The minimum Gasteiger partial charge on any atom is -0.489 e. The lowest BCUT2D eigenvalue weighted by Gasteiger charge is -2.06. The molecule has 1 aliphatic heterocycles. The number of hydrogen-bond acceptors (Lipinski definition) is 6. The number of aliphatic imine (C=N–C) groups is 1. The smallest absolute Gasteiger partial charge is 0.363 e. The van der Waals surface area contributed by atoms with Crippen molar-refractivity contribution in [2.45, 2.75) is 26.4 Å². The summed E-state index contributed by atoms with van der Waals surface area (Å²) in [5.41, 5.74) is 3.84. The molecule has 166 valence electrons. The molecule has 3 aromatic carbocycles. The van der Waals surface area contributed by atoms with Gasteiger partial charge in [0.05, 0.1) is 4.92 Å². The molecule has 0 spiro atoms. The highest BCUT2D eigenvalue weighted by atomic mass is 16.6. The Balaban J connectivity index is 1.41. The molecule has 1 heterocycles. The molecule has 1 aliphatic rings. The van der Waals surface area contributed by atoms with E-state index in [1.54, 1.807) is 30.3 Å². The molecule has 4 rings (SSSR count). The number of hydrogen-bond donors (Lipinski definition) is 0. The molecule has 0 saturated heterocycles. The van der Waals surface area contributed by atoms with Gasteiger partial charge in [-0.3, -0.25) is 10.1 Å². The predicted molar refractivity (Wildman–Crippen MR) is 125 cm³/mol. The molecule has 33 heavy (non-hydrogen) atoms. The highest BCUT2D eigenvalue weighted by Gasteiger charge is 2.24. The maximum absolute atomic E-state index is 12.3. The summed E-state index contributed by atoms with van der Waals surface area (Å²) in [7, 11) is 0. The minimum absolute atomic E-state index is 0.0416. The number of nitro groups is 1. The summed E-state index contributed by atoms with van der Waals surface area (Å²) in [5.74, 6) is 0.864. The van der Waals surface area contributed by atoms with Crippen LogP contribution in [0.5, 0.6) is 5.75 Å². The van der Waals surface area contributed by atoms with Gasteiger partial charge in [-0.1, -0.05) is 38.1 Å². The molecule has 0 unspecified atom stereocenters. The third-order valence-electron chi connectivity index (χ3n) is 5.18. The van der Waals surface area contributed by atoms with Crippen molar-refractivity contribution in [2.24, 2.45) is 4.99 Å². The molecule has 0 saturated carbocycles. The van der Waals surface area contributed by atoms with Crippen molar-refractivity contribution in [3.63, 3.8) is 0 Å². The first-order valence-electron chi connectivity index (χ1n) is 10.5. The average Bonchev–Trinajstić information content (AvgIpc) is 3.19. The summed E-state index contributed by atoms with van der Waals surface area (Å²) in [6, 6.07) is 21.2. The summed E-state index contributed by atoms with van der Waals surface area (Å²) in [6.07, 6.45) is 1.66. The first-order chi connectivity index (χ1) is 15.9. The molecule has 0 bridgehead atoms. The fraction of sp³-hybridized carbons (Fsp3) is 0.154. The molecule has 0 radical (unpaired) electrons. The van der Waals surface area contributed by atoms with E-state index in [0.29, 0.717) is 17.6 Å². The normalized spacial score (nSPS) is 14.3. The fourth-order valence-electron chi connectivity index (χ4n) is 3.24. The molecule has 0 amide bonds. The Bertz CT molecular complexity index is 1230. The summed E-state index contributed by atoms with van der Waals surface area (Å²) in [4.78, 5) is 26.9. The van der Waals surface area contributed by atoms with Gasteiger partial charge in [0.25, 0.3) is 5.69 Å². The lowest BCUT2D eigenvalue weighted by Crippen LogP contribution is -2.05. The van der Waals surface area contributed by atoms with E-state index in [4.69, 9.17) is 9.47 Å². The molecule has 0 aliphatic carbocycles. The number of carbonyl (C=O) groups excluding carboxylic acids is 1. The fourth-order valence-corrected chi connectivity index (χ4v) is 3.24. The highest BCUT2D eigenvalue weighted by Crippen LogP contribution is 2.22. The highest BCUT2D eigenvalue weighted by molar-refractivity contribution is 6.12. The maximum Gasteiger partial charge on any atom is 0.363 e. The van der Waals surface area contributed by atoms with Crippen LogP contribution in [0.15, 0.2) is 83.5 Å². The van der Waals surface area contributed by atoms with Crippen molar-refractivity contribution >= 4 is 23.6 Å². The van der Waals surface area contributed by atoms with Crippen LogP contribution >= 0.6 is 0 Å². The van der Waals surface area contributed by atoms with Crippen LogP contribution in [-0.2, 0) is 16.1 Å². The number of ether oxygens (including phenoxy) is 2. The van der Waals surface area contributed by atoms with E-state index in [1.165, 1.54) is 17.7 Å². The number of nitrogens with zero attached hydrogens (tertiary/aromatic N) is 2. The van der Waals surface area contributed by atoms with Crippen LogP contribution in [0.3, 0.4) is 0 Å². The van der Waals surface area contributed by atoms with Gasteiger partial charge >= 0.3 is 5.97 Å². The van der Waals surface area contributed by atoms with Crippen molar-refractivity contribution in [3.8, 4) is 5.75 Å². The Morgan fingerprint density at radius 3 is 2.27 bits per heavy atom. The zero-order valence-electron chi connectivity index (χ0n) is 18.2. The number of non-ortho nitro benzene ring substituents is 1. The lowest BCUT2D eigenvalue weighted by molar-refractivity contribution is -0.384. The topological polar surface area (TPSA) is 91.0 Å². The number of carbonyl (C=O) groups is 1. The number of cyclic esters (lactones) is 1. The van der Waals surface area contributed by atoms with Crippen LogP contribution < -0.4 is 4.74 Å². The minimum atomic E-state index is -0.489. The van der Waals surface area contributed by atoms with E-state index in [-0.39, 0.29) is 18.0 Å². The molecule has 0 fully saturated rings. The van der Waals surface area contributed by atoms with Crippen LogP contribution in [0.1, 0.15) is 42.0 Å². The third-order valence-corrected chi connectivity index (χ3v) is 5.18. The molecule has 7 heteroatoms. The lowest BCUT2D eigenvalue weighted by atomic mass is 10.0. The summed E-state index contributed by atoms with van der Waals surface area (Å²) in [5, 5.41) is 10.7. The van der Waals surface area contributed by atoms with E-state index in [2.05, 4.69) is 18.8 Å². The van der Waals surface area contributed by atoms with Crippen LogP contribution in [-0.4, -0.2) is 16.8 Å². The van der Waals surface area contributed by atoms with Crippen molar-refractivity contribution in [3.05, 3.63) is 111 Å². The van der Waals surface area contributed by atoms with E-state index in [1.807, 2.05) is 36.4 Å². The Hall–Kier alpha value is -4.26. The summed E-state index contributed by atoms with van der Waals surface area (Å²) < 4.78 is 11.1. The van der Waals surface area contributed by atoms with Gasteiger partial charge in [0.15, 0.2) is 5.70 Å². The molecule has 0 aromatic heterocycles. The first-order valence-corrected chi connectivity index (χ1v) is 10.5. The number of rotatable bonds is 7. The second kappa shape index (κ2) is 9.48. The maximum atomic E-state index is 12.3. The molecular formula is C26H22N2O5. The van der Waals surface area contributed by atoms with Gasteiger partial charge in [-0.05, 0) is 65.1 Å². The van der Waals surface area contributed by atoms with E-state index in [0.717, 1.165) is 16.7 Å². The van der Waals surface area contributed by atoms with Crippen molar-refractivity contribution in [1.29, 1.82) is 0 Å². The average molecular weight is 442 g/mol. The van der Waals surface area contributed by atoms with E-state index in [9.17, 15) is 14.9 Å². The standard InChI is InChI=1S/C26H22N2O5/c1-17(2)20-7-9-21(10-8-20)25-27-24(26(29)33-25)15-18-5-13-23(14-6-18)32-16-19-3-11-22(12-4-19)28(30)31/h3-15,17H,16H2,1-2H3/b24-15-. The SMILES string of the molecule is CC(C)c1ccc(C2=N/C(=C\c3ccc(OCc4ccc([N+](=O)[O-])cc4)cc3)C(=O)O2)cc1. The van der Waals surface area contributed by atoms with Crippen molar-refractivity contribution in [1.82, 2.24) is 0 Å². The Kier molecular flexibility index (Phi) is 6.31. The Morgan fingerprint density at radius 2 is 1.67 bits per heavy atom. The van der Waals surface area contributed by atoms with Crippen molar-refractivity contribution in [2.75, 3.05) is 0 Å². The van der Waals surface area contributed by atoms with E-state index < -0.39 is 10.9 Å². The second-order valence-electron chi connectivity index (χ2n) is 7.89. The van der Waals surface area contributed by atoms with Crippen LogP contribution in [0.25, 0.3) is 6.08 Å². The third kappa shape index (κ3) is 5.33. The Morgan fingerprint density at radius 1 is 1.00 bits per heavy atom. The monoisotopic (exact) mass is 442 g/mol. The second-order valence-corrected chi connectivity index (χ2v) is 7.89. The molecule has 0 N–H and O–H groups in total. The Labute approximate surface area is 191 Å². The van der Waals surface area contributed by atoms with Crippen LogP contribution in [0.4, 0.5) is 5.69 Å². The molecule has 7 nitrogen and oxygen atoms in total. The quantitative estimate of drug-likeness (QED) is 0.204. The first kappa shape index (κ1) is 22.0. The number of esters is 1. The van der Waals surface area contributed by atoms with Gasteiger partial charge in [-0.2, -0.15) is 0 Å². The van der Waals surface area contributed by atoms with Crippen LogP contribution in [0.2, 0.25) is 0 Å².